The van der Waals surface area contributed by atoms with Crippen molar-refractivity contribution >= 4 is 22.0 Å². The van der Waals surface area contributed by atoms with E-state index in [4.69, 9.17) is 19.8 Å². The molecule has 1 fully saturated rings. The molecule has 1 aliphatic carbocycles. The van der Waals surface area contributed by atoms with Crippen molar-refractivity contribution in [3.8, 4) is 0 Å². The minimum absolute atomic E-state index is 0.364. The first-order chi connectivity index (χ1) is 11.6. The lowest BCUT2D eigenvalue weighted by atomic mass is 10.2. The van der Waals surface area contributed by atoms with Crippen LogP contribution in [0.1, 0.15) is 31.2 Å². The Labute approximate surface area is 147 Å². The summed E-state index contributed by atoms with van der Waals surface area (Å²) in [6, 6.07) is 7.78. The summed E-state index contributed by atoms with van der Waals surface area (Å²) in [5, 5.41) is 18.3. The maximum absolute atomic E-state index is 12.1. The molecule has 0 aliphatic heterocycles. The van der Waals surface area contributed by atoms with Crippen molar-refractivity contribution in [3.05, 3.63) is 29.8 Å². The van der Waals surface area contributed by atoms with E-state index in [9.17, 15) is 8.42 Å². The largest absolute Gasteiger partial charge is 0.473 e. The van der Waals surface area contributed by atoms with Gasteiger partial charge >= 0.3 is 11.9 Å². The van der Waals surface area contributed by atoms with E-state index in [2.05, 4.69) is 5.32 Å². The van der Waals surface area contributed by atoms with E-state index in [-0.39, 0.29) is 0 Å². The van der Waals surface area contributed by atoms with Gasteiger partial charge in [0.2, 0.25) is 10.0 Å². The van der Waals surface area contributed by atoms with Crippen LogP contribution in [0.5, 0.6) is 0 Å². The quantitative estimate of drug-likeness (QED) is 0.662. The van der Waals surface area contributed by atoms with Crippen molar-refractivity contribution in [2.45, 2.75) is 43.2 Å². The zero-order chi connectivity index (χ0) is 19.0. The Kier molecular flexibility index (Phi) is 8.01. The summed E-state index contributed by atoms with van der Waals surface area (Å²) < 4.78 is 25.3. The second-order valence-electron chi connectivity index (χ2n) is 5.91. The normalized spacial score (nSPS) is 14.8. The minimum Gasteiger partial charge on any atom is -0.473 e. The number of carboxylic acid groups (broad SMARTS) is 2. The molecule has 0 saturated heterocycles. The Morgan fingerprint density at radius 3 is 2.20 bits per heavy atom. The SMILES string of the molecule is CN(C)S(=O)(=O)c1cccc(CNC2CCCC2)c1.O=C(O)C(=O)O. The molecule has 1 aromatic rings. The van der Waals surface area contributed by atoms with Crippen LogP contribution in [0.3, 0.4) is 0 Å². The van der Waals surface area contributed by atoms with Gasteiger partial charge in [0.05, 0.1) is 4.90 Å². The second-order valence-corrected chi connectivity index (χ2v) is 8.06. The number of nitrogens with zero attached hydrogens (tertiary/aromatic N) is 1. The summed E-state index contributed by atoms with van der Waals surface area (Å²) >= 11 is 0. The van der Waals surface area contributed by atoms with E-state index in [0.717, 1.165) is 12.1 Å². The van der Waals surface area contributed by atoms with E-state index in [1.54, 1.807) is 26.2 Å². The third kappa shape index (κ3) is 6.81. The molecule has 1 saturated carbocycles. The summed E-state index contributed by atoms with van der Waals surface area (Å²) in [5.41, 5.74) is 1.02. The number of carboxylic acids is 2. The highest BCUT2D eigenvalue weighted by atomic mass is 32.2. The van der Waals surface area contributed by atoms with Gasteiger partial charge in [-0.05, 0) is 30.5 Å². The molecule has 0 atom stereocenters. The van der Waals surface area contributed by atoms with Crippen LogP contribution >= 0.6 is 0 Å². The average molecular weight is 372 g/mol. The molecule has 3 N–H and O–H groups in total. The van der Waals surface area contributed by atoms with Crippen LogP contribution in [0.4, 0.5) is 0 Å². The molecule has 0 unspecified atom stereocenters. The van der Waals surface area contributed by atoms with Crippen molar-refractivity contribution < 1.29 is 28.2 Å². The number of aliphatic carboxylic acids is 2. The number of benzene rings is 1. The zero-order valence-corrected chi connectivity index (χ0v) is 15.1. The lowest BCUT2D eigenvalue weighted by Crippen LogP contribution is -2.26. The summed E-state index contributed by atoms with van der Waals surface area (Å²) in [5.74, 6) is -3.65. The van der Waals surface area contributed by atoms with Crippen LogP contribution in [-0.4, -0.2) is 55.0 Å². The van der Waals surface area contributed by atoms with Gasteiger partial charge in [-0.25, -0.2) is 22.3 Å². The fraction of sp³-hybridized carbons (Fsp3) is 0.500. The number of hydrogen-bond donors (Lipinski definition) is 3. The van der Waals surface area contributed by atoms with Crippen LogP contribution in [0.2, 0.25) is 0 Å². The van der Waals surface area contributed by atoms with Gasteiger partial charge in [-0.2, -0.15) is 0 Å². The average Bonchev–Trinajstić information content (AvgIpc) is 3.07. The van der Waals surface area contributed by atoms with Crippen molar-refractivity contribution in [2.75, 3.05) is 14.1 Å². The standard InChI is InChI=1S/C14H22N2O2S.C2H2O4/c1-16(2)19(17,18)14-9-5-6-12(10-14)11-15-13-7-3-4-8-13;3-1(4)2(5)6/h5-6,9-10,13,15H,3-4,7-8,11H2,1-2H3;(H,3,4)(H,5,6). The topological polar surface area (TPSA) is 124 Å². The number of nitrogens with one attached hydrogen (secondary N) is 1. The number of carbonyl (C=O) groups is 2. The summed E-state index contributed by atoms with van der Waals surface area (Å²) in [4.78, 5) is 18.6. The molecule has 0 aromatic heterocycles. The molecule has 1 aliphatic rings. The van der Waals surface area contributed by atoms with Gasteiger partial charge in [0.1, 0.15) is 0 Å². The van der Waals surface area contributed by atoms with Gasteiger partial charge in [-0.3, -0.25) is 0 Å². The molecule has 0 radical (unpaired) electrons. The highest BCUT2D eigenvalue weighted by molar-refractivity contribution is 7.89. The van der Waals surface area contributed by atoms with Gasteiger partial charge in [0.15, 0.2) is 0 Å². The van der Waals surface area contributed by atoms with Gasteiger partial charge in [0, 0.05) is 26.7 Å². The van der Waals surface area contributed by atoms with Crippen LogP contribution in [0.15, 0.2) is 29.2 Å². The first-order valence-electron chi connectivity index (χ1n) is 7.85. The first kappa shape index (κ1) is 21.1. The van der Waals surface area contributed by atoms with Gasteiger partial charge in [-0.15, -0.1) is 0 Å². The predicted molar refractivity (Wildman–Crippen MR) is 91.7 cm³/mol. The van der Waals surface area contributed by atoms with Crippen molar-refractivity contribution in [1.29, 1.82) is 0 Å². The Hall–Kier alpha value is -1.97. The molecule has 25 heavy (non-hydrogen) atoms. The molecule has 9 heteroatoms. The second kappa shape index (κ2) is 9.50. The molecule has 0 heterocycles. The zero-order valence-electron chi connectivity index (χ0n) is 14.3. The number of sulfonamides is 1. The Balaban J connectivity index is 0.000000450. The van der Waals surface area contributed by atoms with E-state index in [0.29, 0.717) is 10.9 Å². The maximum Gasteiger partial charge on any atom is 0.414 e. The third-order valence-electron chi connectivity index (χ3n) is 3.81. The summed E-state index contributed by atoms with van der Waals surface area (Å²) in [6.45, 7) is 0.738. The highest BCUT2D eigenvalue weighted by Gasteiger charge is 2.18. The van der Waals surface area contributed by atoms with E-state index >= 15 is 0 Å². The monoisotopic (exact) mass is 372 g/mol. The molecular weight excluding hydrogens is 348 g/mol. The summed E-state index contributed by atoms with van der Waals surface area (Å²) in [6.07, 6.45) is 5.06. The molecule has 2 rings (SSSR count). The van der Waals surface area contributed by atoms with Gasteiger partial charge in [-0.1, -0.05) is 25.0 Å². The maximum atomic E-state index is 12.1. The smallest absolute Gasteiger partial charge is 0.414 e. The Morgan fingerprint density at radius 2 is 1.72 bits per heavy atom. The lowest BCUT2D eigenvalue weighted by molar-refractivity contribution is -0.159. The summed E-state index contributed by atoms with van der Waals surface area (Å²) in [7, 11) is -0.222. The van der Waals surface area contributed by atoms with E-state index < -0.39 is 22.0 Å². The molecule has 140 valence electrons. The molecular formula is C16H24N2O6S. The third-order valence-corrected chi connectivity index (χ3v) is 5.62. The fourth-order valence-electron chi connectivity index (χ4n) is 2.42. The van der Waals surface area contributed by atoms with Crippen molar-refractivity contribution in [3.63, 3.8) is 0 Å². The highest BCUT2D eigenvalue weighted by Crippen LogP contribution is 2.19. The van der Waals surface area contributed by atoms with Gasteiger partial charge < -0.3 is 15.5 Å². The Morgan fingerprint density at radius 1 is 1.16 bits per heavy atom. The van der Waals surface area contributed by atoms with Gasteiger partial charge in [0.25, 0.3) is 0 Å². The molecule has 0 spiro atoms. The van der Waals surface area contributed by atoms with Crippen molar-refractivity contribution in [2.24, 2.45) is 0 Å². The molecule has 0 amide bonds. The van der Waals surface area contributed by atoms with Crippen LogP contribution in [-0.2, 0) is 26.2 Å². The predicted octanol–water partition coefficient (Wildman–Crippen LogP) is 1.12. The molecule has 0 bridgehead atoms. The van der Waals surface area contributed by atoms with Crippen LogP contribution < -0.4 is 5.32 Å². The minimum atomic E-state index is -3.33. The number of hydrogen-bond acceptors (Lipinski definition) is 5. The van der Waals surface area contributed by atoms with Crippen LogP contribution in [0, 0.1) is 0 Å². The number of rotatable bonds is 5. The Bertz CT molecular complexity index is 684. The van der Waals surface area contributed by atoms with Crippen molar-refractivity contribution in [1.82, 2.24) is 9.62 Å². The van der Waals surface area contributed by atoms with Crippen LogP contribution in [0.25, 0.3) is 0 Å². The van der Waals surface area contributed by atoms with E-state index in [1.807, 2.05) is 12.1 Å². The molecule has 1 aromatic carbocycles. The first-order valence-corrected chi connectivity index (χ1v) is 9.29. The van der Waals surface area contributed by atoms with E-state index in [1.165, 1.54) is 30.0 Å². The molecule has 8 nitrogen and oxygen atoms in total. The lowest BCUT2D eigenvalue weighted by Gasteiger charge is -2.14. The fourth-order valence-corrected chi connectivity index (χ4v) is 3.39.